The standard InChI is InChI=1S/C29H35N5O3/c35-28(31-24-8-4-5-9-24)27(23-12-14-30-15-13-23)34(17-16-33-18-20-37-21-19-33)29(36)26-11-10-25(32-26)22-6-2-1-3-7-22/h1-3,6-7,10-15,24,27,32H,4-5,8-9,16-21H2,(H,31,35)/t27-/m0/s1. The number of hydrogen-bond acceptors (Lipinski definition) is 5. The summed E-state index contributed by atoms with van der Waals surface area (Å²) in [6, 6.07) is 16.7. The van der Waals surface area contributed by atoms with Gasteiger partial charge in [-0.3, -0.25) is 19.5 Å². The molecular formula is C29H35N5O3. The van der Waals surface area contributed by atoms with E-state index < -0.39 is 6.04 Å². The highest BCUT2D eigenvalue weighted by Gasteiger charge is 2.34. The Balaban J connectivity index is 1.45. The van der Waals surface area contributed by atoms with Crippen molar-refractivity contribution < 1.29 is 14.3 Å². The van der Waals surface area contributed by atoms with E-state index in [0.29, 0.717) is 32.0 Å². The largest absolute Gasteiger partial charge is 0.379 e. The molecule has 1 aromatic carbocycles. The van der Waals surface area contributed by atoms with Crippen LogP contribution < -0.4 is 5.32 Å². The number of carbonyl (C=O) groups excluding carboxylic acids is 2. The molecule has 0 bridgehead atoms. The van der Waals surface area contributed by atoms with Crippen molar-refractivity contribution in [1.29, 1.82) is 0 Å². The van der Waals surface area contributed by atoms with Crippen molar-refractivity contribution in [3.05, 3.63) is 78.2 Å². The van der Waals surface area contributed by atoms with E-state index >= 15 is 0 Å². The highest BCUT2D eigenvalue weighted by molar-refractivity contribution is 5.97. The number of aromatic nitrogens is 2. The normalized spacial score (nSPS) is 17.4. The molecule has 3 aromatic rings. The highest BCUT2D eigenvalue weighted by atomic mass is 16.5. The molecule has 8 heteroatoms. The van der Waals surface area contributed by atoms with Crippen molar-refractivity contribution in [2.75, 3.05) is 39.4 Å². The van der Waals surface area contributed by atoms with Crippen LogP contribution in [0, 0.1) is 0 Å². The van der Waals surface area contributed by atoms with E-state index in [0.717, 1.165) is 55.6 Å². The van der Waals surface area contributed by atoms with Crippen LogP contribution >= 0.6 is 0 Å². The van der Waals surface area contributed by atoms with E-state index in [-0.39, 0.29) is 17.9 Å². The molecule has 1 saturated carbocycles. The van der Waals surface area contributed by atoms with Crippen molar-refractivity contribution in [2.24, 2.45) is 0 Å². The molecule has 2 N–H and O–H groups in total. The van der Waals surface area contributed by atoms with Gasteiger partial charge in [0.1, 0.15) is 11.7 Å². The van der Waals surface area contributed by atoms with Gasteiger partial charge in [-0.2, -0.15) is 0 Å². The third kappa shape index (κ3) is 6.26. The zero-order chi connectivity index (χ0) is 25.5. The summed E-state index contributed by atoms with van der Waals surface area (Å²) < 4.78 is 5.50. The van der Waals surface area contributed by atoms with Crippen LogP contribution in [0.5, 0.6) is 0 Å². The van der Waals surface area contributed by atoms with Crippen LogP contribution in [0.2, 0.25) is 0 Å². The van der Waals surface area contributed by atoms with Gasteiger partial charge in [-0.05, 0) is 48.2 Å². The second-order valence-corrected chi connectivity index (χ2v) is 9.78. The van der Waals surface area contributed by atoms with Crippen molar-refractivity contribution in [3.8, 4) is 11.3 Å². The lowest BCUT2D eigenvalue weighted by Gasteiger charge is -2.34. The minimum absolute atomic E-state index is 0.136. The zero-order valence-electron chi connectivity index (χ0n) is 21.1. The number of amides is 2. The van der Waals surface area contributed by atoms with E-state index in [2.05, 4.69) is 20.2 Å². The molecule has 5 rings (SSSR count). The van der Waals surface area contributed by atoms with Gasteiger partial charge in [-0.25, -0.2) is 0 Å². The topological polar surface area (TPSA) is 90.6 Å². The number of ether oxygens (including phenoxy) is 1. The van der Waals surface area contributed by atoms with Gasteiger partial charge < -0.3 is 19.9 Å². The van der Waals surface area contributed by atoms with E-state index in [9.17, 15) is 9.59 Å². The summed E-state index contributed by atoms with van der Waals surface area (Å²) >= 11 is 0. The number of nitrogens with one attached hydrogen (secondary N) is 2. The third-order valence-electron chi connectivity index (χ3n) is 7.31. The molecule has 8 nitrogen and oxygen atoms in total. The van der Waals surface area contributed by atoms with Crippen LogP contribution in [-0.2, 0) is 9.53 Å². The molecule has 0 unspecified atom stereocenters. The molecule has 1 aliphatic heterocycles. The first-order valence-corrected chi connectivity index (χ1v) is 13.2. The Kier molecular flexibility index (Phi) is 8.28. The average molecular weight is 502 g/mol. The summed E-state index contributed by atoms with van der Waals surface area (Å²) in [6.45, 7) is 4.08. The molecule has 0 spiro atoms. The second-order valence-electron chi connectivity index (χ2n) is 9.78. The molecule has 2 fully saturated rings. The van der Waals surface area contributed by atoms with Crippen LogP contribution in [0.3, 0.4) is 0 Å². The first-order chi connectivity index (χ1) is 18.2. The quantitative estimate of drug-likeness (QED) is 0.467. The SMILES string of the molecule is O=C(NC1CCCC1)[C@H](c1ccncc1)N(CCN1CCOCC1)C(=O)c1ccc(-c2ccccc2)[nH]1. The molecule has 194 valence electrons. The van der Waals surface area contributed by atoms with Gasteiger partial charge in [0.15, 0.2) is 0 Å². The van der Waals surface area contributed by atoms with Crippen LogP contribution in [0.15, 0.2) is 67.0 Å². The summed E-state index contributed by atoms with van der Waals surface area (Å²) in [5, 5.41) is 3.24. The molecule has 1 atom stereocenters. The number of hydrogen-bond donors (Lipinski definition) is 2. The molecule has 2 aliphatic rings. The molecular weight excluding hydrogens is 466 g/mol. The average Bonchev–Trinajstić information content (AvgIpc) is 3.65. The van der Waals surface area contributed by atoms with Gasteiger partial charge in [0.2, 0.25) is 5.91 Å². The number of morpholine rings is 1. The number of carbonyl (C=O) groups is 2. The first kappa shape index (κ1) is 25.2. The lowest BCUT2D eigenvalue weighted by Crippen LogP contribution is -2.49. The zero-order valence-corrected chi connectivity index (χ0v) is 21.1. The van der Waals surface area contributed by atoms with Crippen LogP contribution in [0.4, 0.5) is 0 Å². The van der Waals surface area contributed by atoms with Crippen LogP contribution in [0.1, 0.15) is 47.8 Å². The van der Waals surface area contributed by atoms with Gasteiger partial charge >= 0.3 is 0 Å². The summed E-state index contributed by atoms with van der Waals surface area (Å²) in [5.41, 5.74) is 3.10. The number of rotatable bonds is 9. The van der Waals surface area contributed by atoms with Gasteiger partial charge in [0, 0.05) is 50.3 Å². The summed E-state index contributed by atoms with van der Waals surface area (Å²) in [6.07, 6.45) is 7.56. The lowest BCUT2D eigenvalue weighted by molar-refractivity contribution is -0.126. The smallest absolute Gasteiger partial charge is 0.271 e. The maximum Gasteiger partial charge on any atom is 0.271 e. The van der Waals surface area contributed by atoms with Crippen molar-refractivity contribution in [2.45, 2.75) is 37.8 Å². The van der Waals surface area contributed by atoms with Gasteiger partial charge in [-0.15, -0.1) is 0 Å². The lowest BCUT2D eigenvalue weighted by atomic mass is 10.0. The van der Waals surface area contributed by atoms with E-state index in [1.807, 2.05) is 54.6 Å². The number of pyridine rings is 1. The molecule has 3 heterocycles. The maximum absolute atomic E-state index is 14.1. The Morgan fingerprint density at radius 3 is 2.49 bits per heavy atom. The predicted octanol–water partition coefficient (Wildman–Crippen LogP) is 3.65. The number of H-pyrrole nitrogens is 1. The number of benzene rings is 1. The maximum atomic E-state index is 14.1. The highest BCUT2D eigenvalue weighted by Crippen LogP contribution is 2.26. The Hall–Kier alpha value is -3.49. The van der Waals surface area contributed by atoms with Crippen LogP contribution in [-0.4, -0.2) is 77.0 Å². The fourth-order valence-electron chi connectivity index (χ4n) is 5.25. The first-order valence-electron chi connectivity index (χ1n) is 13.2. The Morgan fingerprint density at radius 2 is 1.76 bits per heavy atom. The molecule has 37 heavy (non-hydrogen) atoms. The van der Waals surface area contributed by atoms with Gasteiger partial charge in [-0.1, -0.05) is 43.2 Å². The minimum atomic E-state index is -0.749. The molecule has 0 radical (unpaired) electrons. The van der Waals surface area contributed by atoms with Crippen molar-refractivity contribution in [3.63, 3.8) is 0 Å². The predicted molar refractivity (Wildman–Crippen MR) is 142 cm³/mol. The summed E-state index contributed by atoms with van der Waals surface area (Å²) in [4.78, 5) is 39.3. The fraction of sp³-hybridized carbons (Fsp3) is 0.414. The third-order valence-corrected chi connectivity index (χ3v) is 7.31. The van der Waals surface area contributed by atoms with Gasteiger partial charge in [0.25, 0.3) is 5.91 Å². The second kappa shape index (κ2) is 12.2. The van der Waals surface area contributed by atoms with E-state index in [4.69, 9.17) is 4.74 Å². The summed E-state index contributed by atoms with van der Waals surface area (Å²) in [7, 11) is 0. The Bertz CT molecular complexity index is 1150. The molecule has 1 aliphatic carbocycles. The van der Waals surface area contributed by atoms with E-state index in [1.165, 1.54) is 0 Å². The molecule has 1 saturated heterocycles. The van der Waals surface area contributed by atoms with Crippen molar-refractivity contribution in [1.82, 2.24) is 25.1 Å². The minimum Gasteiger partial charge on any atom is -0.379 e. The Labute approximate surface area is 218 Å². The molecule has 2 amide bonds. The monoisotopic (exact) mass is 501 g/mol. The van der Waals surface area contributed by atoms with Gasteiger partial charge in [0.05, 0.1) is 13.2 Å². The summed E-state index contributed by atoms with van der Waals surface area (Å²) in [5.74, 6) is -0.331. The van der Waals surface area contributed by atoms with Crippen molar-refractivity contribution >= 4 is 11.8 Å². The Morgan fingerprint density at radius 1 is 1.03 bits per heavy atom. The molecule has 2 aromatic heterocycles. The fourth-order valence-corrected chi connectivity index (χ4v) is 5.25. The van der Waals surface area contributed by atoms with Crippen LogP contribution in [0.25, 0.3) is 11.3 Å². The van der Waals surface area contributed by atoms with E-state index in [1.54, 1.807) is 17.3 Å². The number of aromatic amines is 1. The number of nitrogens with zero attached hydrogens (tertiary/aromatic N) is 3.